The van der Waals surface area contributed by atoms with Gasteiger partial charge in [0, 0.05) is 10.9 Å². The summed E-state index contributed by atoms with van der Waals surface area (Å²) in [4.78, 5) is 17.0. The van der Waals surface area contributed by atoms with Crippen molar-refractivity contribution in [2.45, 2.75) is 0 Å². The Morgan fingerprint density at radius 3 is 2.82 bits per heavy atom. The third kappa shape index (κ3) is 2.17. The van der Waals surface area contributed by atoms with E-state index in [0.717, 1.165) is 11.3 Å². The number of nitrogens with zero attached hydrogens (tertiary/aromatic N) is 3. The van der Waals surface area contributed by atoms with Crippen molar-refractivity contribution in [1.29, 1.82) is 0 Å². The molecule has 0 saturated carbocycles. The Morgan fingerprint density at radius 2 is 2.05 bits per heavy atom. The van der Waals surface area contributed by atoms with Crippen LogP contribution in [0, 0.1) is 0 Å². The number of furan rings is 1. The Hall–Kier alpha value is -2.93. The lowest BCUT2D eigenvalue weighted by atomic mass is 10.2. The van der Waals surface area contributed by atoms with Crippen molar-refractivity contribution in [3.8, 4) is 11.3 Å². The monoisotopic (exact) mass is 310 g/mol. The largest absolute Gasteiger partial charge is 0.459 e. The third-order valence-electron chi connectivity index (χ3n) is 3.12. The van der Waals surface area contributed by atoms with Gasteiger partial charge in [-0.2, -0.15) is 4.98 Å². The van der Waals surface area contributed by atoms with E-state index in [1.807, 2.05) is 35.7 Å². The zero-order valence-corrected chi connectivity index (χ0v) is 12.1. The minimum atomic E-state index is -0.371. The van der Waals surface area contributed by atoms with Crippen LogP contribution in [0.15, 0.2) is 58.5 Å². The molecule has 1 aromatic carbocycles. The maximum atomic E-state index is 11.9. The number of carbonyl (C=O) groups excluding carboxylic acids is 1. The van der Waals surface area contributed by atoms with E-state index in [4.69, 9.17) is 4.42 Å². The van der Waals surface area contributed by atoms with Crippen molar-refractivity contribution in [2.24, 2.45) is 0 Å². The average molecular weight is 310 g/mol. The molecule has 0 fully saturated rings. The fourth-order valence-corrected chi connectivity index (χ4v) is 2.94. The van der Waals surface area contributed by atoms with E-state index in [0.29, 0.717) is 4.96 Å². The molecular formula is C15H10N4O2S. The molecule has 1 amide bonds. The number of thiazole rings is 1. The molecule has 6 nitrogen and oxygen atoms in total. The number of benzene rings is 1. The first-order valence-electron chi connectivity index (χ1n) is 6.56. The summed E-state index contributed by atoms with van der Waals surface area (Å²) in [6.07, 6.45) is 1.45. The van der Waals surface area contributed by atoms with Crippen molar-refractivity contribution in [2.75, 3.05) is 5.32 Å². The van der Waals surface area contributed by atoms with E-state index in [9.17, 15) is 4.79 Å². The van der Waals surface area contributed by atoms with Gasteiger partial charge in [-0.25, -0.2) is 4.52 Å². The summed E-state index contributed by atoms with van der Waals surface area (Å²) in [6.45, 7) is 0. The molecule has 7 heteroatoms. The van der Waals surface area contributed by atoms with Crippen molar-refractivity contribution in [3.05, 3.63) is 59.9 Å². The fraction of sp³-hybridized carbons (Fsp3) is 0. The van der Waals surface area contributed by atoms with Crippen molar-refractivity contribution >= 4 is 28.2 Å². The summed E-state index contributed by atoms with van der Waals surface area (Å²) < 4.78 is 6.76. The number of anilines is 1. The standard InChI is InChI=1S/C15H10N4O2S/c20-13(12-7-4-8-21-12)16-14-17-15-19(18-14)11(9-22-15)10-5-2-1-3-6-10/h1-9H,(H,16,18,20). The highest BCUT2D eigenvalue weighted by Gasteiger charge is 2.15. The lowest BCUT2D eigenvalue weighted by molar-refractivity contribution is 0.0996. The van der Waals surface area contributed by atoms with E-state index < -0.39 is 0 Å². The van der Waals surface area contributed by atoms with Crippen molar-refractivity contribution in [3.63, 3.8) is 0 Å². The minimum absolute atomic E-state index is 0.224. The van der Waals surface area contributed by atoms with Gasteiger partial charge in [0.25, 0.3) is 11.9 Å². The molecule has 0 unspecified atom stereocenters. The lowest BCUT2D eigenvalue weighted by Gasteiger charge is -1.98. The Bertz CT molecular complexity index is 925. The highest BCUT2D eigenvalue weighted by Crippen LogP contribution is 2.25. The number of rotatable bonds is 3. The zero-order chi connectivity index (χ0) is 14.9. The molecule has 0 saturated heterocycles. The van der Waals surface area contributed by atoms with Crippen LogP contribution in [0.25, 0.3) is 16.2 Å². The van der Waals surface area contributed by atoms with Crippen LogP contribution < -0.4 is 5.32 Å². The smallest absolute Gasteiger partial charge is 0.293 e. The number of fused-ring (bicyclic) bond motifs is 1. The molecule has 1 N–H and O–H groups in total. The van der Waals surface area contributed by atoms with Gasteiger partial charge in [-0.1, -0.05) is 30.3 Å². The van der Waals surface area contributed by atoms with Gasteiger partial charge in [-0.05, 0) is 12.1 Å². The van der Waals surface area contributed by atoms with E-state index in [-0.39, 0.29) is 17.6 Å². The summed E-state index contributed by atoms with van der Waals surface area (Å²) in [6, 6.07) is 13.1. The predicted octanol–water partition coefficient (Wildman–Crippen LogP) is 3.30. The van der Waals surface area contributed by atoms with Crippen LogP contribution in [0.4, 0.5) is 5.95 Å². The molecule has 0 radical (unpaired) electrons. The van der Waals surface area contributed by atoms with Crippen LogP contribution in [0.1, 0.15) is 10.6 Å². The molecule has 4 aromatic rings. The molecule has 0 aliphatic rings. The minimum Gasteiger partial charge on any atom is -0.459 e. The third-order valence-corrected chi connectivity index (χ3v) is 3.94. The first-order valence-corrected chi connectivity index (χ1v) is 7.44. The Morgan fingerprint density at radius 1 is 1.18 bits per heavy atom. The first-order chi connectivity index (χ1) is 10.8. The summed E-state index contributed by atoms with van der Waals surface area (Å²) in [5.41, 5.74) is 1.98. The Balaban J connectivity index is 1.67. The number of carbonyl (C=O) groups is 1. The van der Waals surface area contributed by atoms with Gasteiger partial charge in [0.1, 0.15) is 0 Å². The molecular weight excluding hydrogens is 300 g/mol. The maximum absolute atomic E-state index is 11.9. The molecule has 0 aliphatic heterocycles. The molecule has 4 rings (SSSR count). The van der Waals surface area contributed by atoms with E-state index in [1.54, 1.807) is 16.6 Å². The number of nitrogens with one attached hydrogen (secondary N) is 1. The van der Waals surface area contributed by atoms with E-state index in [1.165, 1.54) is 17.6 Å². The van der Waals surface area contributed by atoms with Crippen molar-refractivity contribution in [1.82, 2.24) is 14.6 Å². The summed E-state index contributed by atoms with van der Waals surface area (Å²) in [5.74, 6) is 0.108. The molecule has 0 atom stereocenters. The Kier molecular flexibility index (Phi) is 2.97. The number of amides is 1. The van der Waals surface area contributed by atoms with Gasteiger partial charge in [-0.3, -0.25) is 10.1 Å². The predicted molar refractivity (Wildman–Crippen MR) is 83.0 cm³/mol. The van der Waals surface area contributed by atoms with Crippen LogP contribution >= 0.6 is 11.3 Å². The number of aromatic nitrogens is 3. The second-order valence-electron chi connectivity index (χ2n) is 4.55. The fourth-order valence-electron chi connectivity index (χ4n) is 2.11. The molecule has 22 heavy (non-hydrogen) atoms. The van der Waals surface area contributed by atoms with Gasteiger partial charge >= 0.3 is 0 Å². The molecule has 3 aromatic heterocycles. The van der Waals surface area contributed by atoms with Crippen LogP contribution in [-0.4, -0.2) is 20.5 Å². The van der Waals surface area contributed by atoms with Crippen LogP contribution in [-0.2, 0) is 0 Å². The van der Waals surface area contributed by atoms with E-state index >= 15 is 0 Å². The van der Waals surface area contributed by atoms with E-state index in [2.05, 4.69) is 15.4 Å². The van der Waals surface area contributed by atoms with Crippen LogP contribution in [0.5, 0.6) is 0 Å². The molecule has 0 aliphatic carbocycles. The molecule has 3 heterocycles. The van der Waals surface area contributed by atoms with Gasteiger partial charge < -0.3 is 4.42 Å². The zero-order valence-electron chi connectivity index (χ0n) is 11.3. The van der Waals surface area contributed by atoms with Gasteiger partial charge in [-0.15, -0.1) is 16.4 Å². The number of hydrogen-bond donors (Lipinski definition) is 1. The van der Waals surface area contributed by atoms with Crippen LogP contribution in [0.2, 0.25) is 0 Å². The molecule has 0 spiro atoms. The first kappa shape index (κ1) is 12.8. The van der Waals surface area contributed by atoms with Gasteiger partial charge in [0.05, 0.1) is 12.0 Å². The molecule has 0 bridgehead atoms. The van der Waals surface area contributed by atoms with Crippen LogP contribution in [0.3, 0.4) is 0 Å². The Labute approximate surface area is 129 Å². The second kappa shape index (κ2) is 5.12. The quantitative estimate of drug-likeness (QED) is 0.630. The highest BCUT2D eigenvalue weighted by atomic mass is 32.1. The second-order valence-corrected chi connectivity index (χ2v) is 5.38. The summed E-state index contributed by atoms with van der Waals surface area (Å²) in [5, 5.41) is 8.96. The molecule has 108 valence electrons. The lowest BCUT2D eigenvalue weighted by Crippen LogP contribution is -2.12. The van der Waals surface area contributed by atoms with Gasteiger partial charge in [0.15, 0.2) is 5.76 Å². The number of hydrogen-bond acceptors (Lipinski definition) is 5. The average Bonchev–Trinajstić information content (AvgIpc) is 3.24. The topological polar surface area (TPSA) is 72.4 Å². The maximum Gasteiger partial charge on any atom is 0.293 e. The highest BCUT2D eigenvalue weighted by molar-refractivity contribution is 7.15. The SMILES string of the molecule is O=C(Nc1nc2scc(-c3ccccc3)n2n1)c1ccco1. The van der Waals surface area contributed by atoms with Gasteiger partial charge in [0.2, 0.25) is 4.96 Å². The summed E-state index contributed by atoms with van der Waals surface area (Å²) in [7, 11) is 0. The summed E-state index contributed by atoms with van der Waals surface area (Å²) >= 11 is 1.47. The normalized spacial score (nSPS) is 10.9. The van der Waals surface area contributed by atoms with Crippen molar-refractivity contribution < 1.29 is 9.21 Å².